The summed E-state index contributed by atoms with van der Waals surface area (Å²) in [5.41, 5.74) is 0.549. The summed E-state index contributed by atoms with van der Waals surface area (Å²) < 4.78 is 11.2. The third kappa shape index (κ3) is 5.59. The van der Waals surface area contributed by atoms with Crippen molar-refractivity contribution < 1.29 is 33.4 Å². The van der Waals surface area contributed by atoms with Crippen molar-refractivity contribution in [2.75, 3.05) is 39.3 Å². The van der Waals surface area contributed by atoms with Crippen molar-refractivity contribution in [2.45, 2.75) is 25.4 Å². The number of carbonyl (C=O) groups excluding carboxylic acids is 3. The molecule has 36 heavy (non-hydrogen) atoms. The predicted octanol–water partition coefficient (Wildman–Crippen LogP) is 2.31. The summed E-state index contributed by atoms with van der Waals surface area (Å²) in [4.78, 5) is 38.3. The lowest BCUT2D eigenvalue weighted by Gasteiger charge is -2.25. The fourth-order valence-electron chi connectivity index (χ4n) is 4.48. The average molecular weight is 537 g/mol. The van der Waals surface area contributed by atoms with Gasteiger partial charge in [-0.2, -0.15) is 0 Å². The molecule has 1 unspecified atom stereocenters. The number of nitrogens with one attached hydrogen (secondary N) is 2. The number of esters is 2. The van der Waals surface area contributed by atoms with Crippen molar-refractivity contribution in [1.29, 1.82) is 0 Å². The molecule has 2 aliphatic heterocycles. The number of quaternary nitrogens is 1. The maximum atomic E-state index is 13.0. The van der Waals surface area contributed by atoms with Crippen molar-refractivity contribution in [1.82, 2.24) is 10.6 Å². The van der Waals surface area contributed by atoms with Gasteiger partial charge in [-0.25, -0.2) is 9.59 Å². The van der Waals surface area contributed by atoms with E-state index in [0.717, 1.165) is 37.8 Å². The van der Waals surface area contributed by atoms with Gasteiger partial charge in [0.15, 0.2) is 11.5 Å². The van der Waals surface area contributed by atoms with Crippen LogP contribution >= 0.6 is 23.2 Å². The fraction of sp³-hybridized carbons (Fsp3) is 0.400. The number of nitrogens with zero attached hydrogens (tertiary/aromatic N) is 1. The van der Waals surface area contributed by atoms with Crippen LogP contribution in [0.3, 0.4) is 0 Å². The summed E-state index contributed by atoms with van der Waals surface area (Å²) in [6.45, 7) is 5.80. The first-order valence-electron chi connectivity index (χ1n) is 11.8. The molecule has 0 saturated carbocycles. The van der Waals surface area contributed by atoms with Gasteiger partial charge in [-0.1, -0.05) is 53.5 Å². The van der Waals surface area contributed by atoms with Crippen LogP contribution in [0.1, 0.15) is 22.8 Å². The van der Waals surface area contributed by atoms with Crippen molar-refractivity contribution >= 4 is 41.0 Å². The Kier molecular flexibility index (Phi) is 8.04. The lowest BCUT2D eigenvalue weighted by atomic mass is 10.1. The van der Waals surface area contributed by atoms with E-state index in [1.165, 1.54) is 0 Å². The largest absolute Gasteiger partial charge is 0.505 e. The molecule has 0 bridgehead atoms. The van der Waals surface area contributed by atoms with Crippen molar-refractivity contribution in [3.05, 3.63) is 57.6 Å². The number of hydrogen-bond acceptors (Lipinski definition) is 7. The molecule has 0 aromatic heterocycles. The van der Waals surface area contributed by atoms with Gasteiger partial charge in [-0.15, -0.1) is 0 Å². The number of rotatable bonds is 8. The number of phenols is 1. The van der Waals surface area contributed by atoms with Gasteiger partial charge in [-0.05, 0) is 18.6 Å². The van der Waals surface area contributed by atoms with Gasteiger partial charge in [0.05, 0.1) is 30.3 Å². The number of benzene rings is 2. The third-order valence-corrected chi connectivity index (χ3v) is 7.19. The molecule has 0 radical (unpaired) electrons. The Morgan fingerprint density at radius 1 is 1.19 bits per heavy atom. The van der Waals surface area contributed by atoms with E-state index in [2.05, 4.69) is 10.6 Å². The van der Waals surface area contributed by atoms with Gasteiger partial charge in [0.2, 0.25) is 6.04 Å². The second kappa shape index (κ2) is 11.0. The van der Waals surface area contributed by atoms with Gasteiger partial charge in [0.1, 0.15) is 17.6 Å². The summed E-state index contributed by atoms with van der Waals surface area (Å²) in [5, 5.41) is 16.0. The van der Waals surface area contributed by atoms with Gasteiger partial charge in [0, 0.05) is 19.5 Å². The van der Waals surface area contributed by atoms with Crippen LogP contribution in [0.5, 0.6) is 11.5 Å². The molecule has 2 fully saturated rings. The Morgan fingerprint density at radius 2 is 1.89 bits per heavy atom. The SMILES string of the molecule is CCOC(=O)[C@H](Cc1ccccc1)NC(=O)c1cc(Cl)c(OC(=O)C2C[N+]23CCNCC3)c(Cl)c1O. The summed E-state index contributed by atoms with van der Waals surface area (Å²) >= 11 is 12.6. The first-order valence-corrected chi connectivity index (χ1v) is 12.5. The first-order chi connectivity index (χ1) is 17.3. The molecule has 9 nitrogen and oxygen atoms in total. The van der Waals surface area contributed by atoms with Gasteiger partial charge >= 0.3 is 11.9 Å². The lowest BCUT2D eigenvalue weighted by Crippen LogP contribution is -2.48. The second-order valence-corrected chi connectivity index (χ2v) is 9.69. The van der Waals surface area contributed by atoms with Crippen LogP contribution in [-0.2, 0) is 20.7 Å². The molecule has 2 atom stereocenters. The summed E-state index contributed by atoms with van der Waals surface area (Å²) in [7, 11) is 0. The van der Waals surface area contributed by atoms with E-state index in [1.807, 2.05) is 30.3 Å². The highest BCUT2D eigenvalue weighted by Crippen LogP contribution is 2.43. The summed E-state index contributed by atoms with van der Waals surface area (Å²) in [6.07, 6.45) is 0.181. The fourth-order valence-corrected chi connectivity index (χ4v) is 5.01. The topological polar surface area (TPSA) is 114 Å². The monoisotopic (exact) mass is 536 g/mol. The van der Waals surface area contributed by atoms with E-state index < -0.39 is 29.6 Å². The first kappa shape index (κ1) is 26.2. The molecule has 2 aliphatic rings. The van der Waals surface area contributed by atoms with E-state index in [-0.39, 0.29) is 40.4 Å². The Morgan fingerprint density at radius 3 is 2.56 bits per heavy atom. The Hall–Kier alpha value is -2.85. The molecule has 2 saturated heterocycles. The number of phenolic OH excluding ortho intramolecular Hbond substituents is 1. The van der Waals surface area contributed by atoms with Crippen LogP contribution < -0.4 is 15.4 Å². The maximum absolute atomic E-state index is 13.0. The zero-order valence-electron chi connectivity index (χ0n) is 19.8. The molecule has 1 amide bonds. The summed E-state index contributed by atoms with van der Waals surface area (Å²) in [5.74, 6) is -2.70. The summed E-state index contributed by atoms with van der Waals surface area (Å²) in [6, 6.07) is 8.95. The molecule has 3 N–H and O–H groups in total. The molecule has 0 aliphatic carbocycles. The molecule has 2 heterocycles. The molecule has 2 aromatic rings. The minimum Gasteiger partial charge on any atom is -0.505 e. The van der Waals surface area contributed by atoms with E-state index in [0.29, 0.717) is 11.0 Å². The van der Waals surface area contributed by atoms with Crippen molar-refractivity contribution in [3.8, 4) is 11.5 Å². The van der Waals surface area contributed by atoms with E-state index in [4.69, 9.17) is 32.7 Å². The number of amides is 1. The van der Waals surface area contributed by atoms with Crippen molar-refractivity contribution in [2.24, 2.45) is 0 Å². The normalized spacial score (nSPS) is 18.8. The number of ether oxygens (including phenoxy) is 2. The van der Waals surface area contributed by atoms with Gasteiger partial charge in [0.25, 0.3) is 5.91 Å². The molecule has 2 aromatic carbocycles. The van der Waals surface area contributed by atoms with Crippen molar-refractivity contribution in [3.63, 3.8) is 0 Å². The molecular weight excluding hydrogens is 509 g/mol. The van der Waals surface area contributed by atoms with E-state index in [1.54, 1.807) is 6.92 Å². The number of aromatic hydroxyl groups is 1. The van der Waals surface area contributed by atoms with Crippen LogP contribution in [0.15, 0.2) is 36.4 Å². The highest BCUT2D eigenvalue weighted by atomic mass is 35.5. The highest BCUT2D eigenvalue weighted by Gasteiger charge is 2.61. The highest BCUT2D eigenvalue weighted by molar-refractivity contribution is 6.39. The molecule has 11 heteroatoms. The van der Waals surface area contributed by atoms with Crippen LogP contribution in [0.2, 0.25) is 10.0 Å². The number of piperazine rings is 1. The van der Waals surface area contributed by atoms with E-state index >= 15 is 0 Å². The standard InChI is InChI=1S/C25H27Cl2N3O6/c1-2-35-24(33)18(12-15-6-4-3-5-7-15)29-23(32)16-13-17(26)22(20(27)21(16)31)36-25(34)19-14-30(19)10-8-28-9-11-30/h3-7,13,18-19,28H,2,8-12,14H2,1H3,(H-,29,31,32)/p+1/t18-,19?/m0/s1. The Balaban J connectivity index is 1.49. The van der Waals surface area contributed by atoms with Crippen LogP contribution in [-0.4, -0.2) is 78.8 Å². The molecule has 4 rings (SSSR count). The smallest absolute Gasteiger partial charge is 0.376 e. The van der Waals surface area contributed by atoms with Crippen LogP contribution in [0.4, 0.5) is 0 Å². The second-order valence-electron chi connectivity index (χ2n) is 8.90. The quantitative estimate of drug-likeness (QED) is 0.205. The molecular formula is C25H28Cl2N3O6+. The average Bonchev–Trinajstić information content (AvgIpc) is 3.57. The molecule has 192 valence electrons. The van der Waals surface area contributed by atoms with Gasteiger partial charge in [-0.3, -0.25) is 9.28 Å². The van der Waals surface area contributed by atoms with Crippen LogP contribution in [0, 0.1) is 0 Å². The molecule has 1 spiro atoms. The maximum Gasteiger partial charge on any atom is 0.376 e. The lowest BCUT2D eigenvalue weighted by molar-refractivity contribution is -0.811. The van der Waals surface area contributed by atoms with Gasteiger partial charge < -0.3 is 25.2 Å². The number of halogens is 2. The van der Waals surface area contributed by atoms with E-state index in [9.17, 15) is 19.5 Å². The minimum absolute atomic E-state index is 0.112. The minimum atomic E-state index is -1.01. The Bertz CT molecular complexity index is 1150. The third-order valence-electron chi connectivity index (χ3n) is 6.56. The van der Waals surface area contributed by atoms with Crippen LogP contribution in [0.25, 0.3) is 0 Å². The zero-order valence-corrected chi connectivity index (χ0v) is 21.3. The number of carbonyl (C=O) groups is 3. The zero-order chi connectivity index (χ0) is 25.9. The Labute approximate surface area is 218 Å². The predicted molar refractivity (Wildman–Crippen MR) is 133 cm³/mol. The number of hydrogen-bond donors (Lipinski definition) is 3.